The monoisotopic (exact) mass is 252 g/mol. The van der Waals surface area contributed by atoms with Crippen LogP contribution < -0.4 is 5.73 Å². The number of nitrogens with two attached hydrogens (primary N) is 1. The molecule has 0 bridgehead atoms. The molecule has 0 radical (unpaired) electrons. The first-order chi connectivity index (χ1) is 8.63. The maximum Gasteiger partial charge on any atom is 0.0568 e. The Hall–Kier alpha value is -0.120. The highest BCUT2D eigenvalue weighted by atomic mass is 16.5. The van der Waals surface area contributed by atoms with E-state index in [4.69, 9.17) is 10.5 Å². The van der Waals surface area contributed by atoms with E-state index in [2.05, 4.69) is 18.7 Å². The molecule has 2 saturated carbocycles. The lowest BCUT2D eigenvalue weighted by atomic mass is 9.82. The lowest BCUT2D eigenvalue weighted by Crippen LogP contribution is -2.60. The first-order valence-electron chi connectivity index (χ1n) is 7.75. The van der Waals surface area contributed by atoms with Crippen LogP contribution >= 0.6 is 0 Å². The van der Waals surface area contributed by atoms with E-state index in [-0.39, 0.29) is 5.54 Å². The Labute approximate surface area is 111 Å². The Bertz CT molecular complexity index is 289. The van der Waals surface area contributed by atoms with Crippen LogP contribution in [-0.4, -0.2) is 41.8 Å². The van der Waals surface area contributed by atoms with E-state index in [1.54, 1.807) is 0 Å². The largest absolute Gasteiger partial charge is 0.375 e. The third kappa shape index (κ3) is 2.59. The van der Waals surface area contributed by atoms with Crippen LogP contribution in [-0.2, 0) is 4.74 Å². The summed E-state index contributed by atoms with van der Waals surface area (Å²) < 4.78 is 5.93. The summed E-state index contributed by atoms with van der Waals surface area (Å²) in [5.74, 6) is 0.961. The zero-order chi connectivity index (χ0) is 12.8. The maximum absolute atomic E-state index is 6.23. The summed E-state index contributed by atoms with van der Waals surface area (Å²) in [5, 5.41) is 0. The van der Waals surface area contributed by atoms with E-state index in [1.807, 2.05) is 0 Å². The van der Waals surface area contributed by atoms with Crippen molar-refractivity contribution in [1.82, 2.24) is 4.90 Å². The standard InChI is InChI=1S/C15H28N2O/c1-11-7-15(10-16,8-12(2)18-11)17(14-5-6-14)9-13-3-4-13/h11-14H,3-10,16H2,1-2H3. The SMILES string of the molecule is CC1CC(CN)(N(CC2CC2)C2CC2)CC(C)O1. The minimum absolute atomic E-state index is 0.223. The van der Waals surface area contributed by atoms with Gasteiger partial charge in [-0.2, -0.15) is 0 Å². The average molecular weight is 252 g/mol. The number of hydrogen-bond acceptors (Lipinski definition) is 3. The third-order valence-corrected chi connectivity index (χ3v) is 4.93. The molecule has 0 aromatic heterocycles. The fourth-order valence-electron chi connectivity index (χ4n) is 3.86. The van der Waals surface area contributed by atoms with Crippen LogP contribution in [0.1, 0.15) is 52.4 Å². The fraction of sp³-hybridized carbons (Fsp3) is 1.00. The van der Waals surface area contributed by atoms with Crippen LogP contribution in [0.25, 0.3) is 0 Å². The summed E-state index contributed by atoms with van der Waals surface area (Å²) in [7, 11) is 0. The number of nitrogens with zero attached hydrogens (tertiary/aromatic N) is 1. The van der Waals surface area contributed by atoms with E-state index in [1.165, 1.54) is 32.2 Å². The van der Waals surface area contributed by atoms with E-state index < -0.39 is 0 Å². The van der Waals surface area contributed by atoms with Crippen molar-refractivity contribution in [2.75, 3.05) is 13.1 Å². The molecule has 0 aromatic carbocycles. The van der Waals surface area contributed by atoms with Crippen molar-refractivity contribution in [2.45, 2.75) is 76.2 Å². The molecule has 1 heterocycles. The van der Waals surface area contributed by atoms with Crippen molar-refractivity contribution in [1.29, 1.82) is 0 Å². The molecule has 1 aliphatic heterocycles. The number of ether oxygens (including phenoxy) is 1. The highest BCUT2D eigenvalue weighted by molar-refractivity contribution is 5.04. The van der Waals surface area contributed by atoms with Gasteiger partial charge in [0.25, 0.3) is 0 Å². The second-order valence-corrected chi connectivity index (χ2v) is 6.92. The Morgan fingerprint density at radius 1 is 1.11 bits per heavy atom. The molecule has 0 spiro atoms. The smallest absolute Gasteiger partial charge is 0.0568 e. The normalized spacial score (nSPS) is 41.3. The second kappa shape index (κ2) is 4.77. The van der Waals surface area contributed by atoms with Gasteiger partial charge in [-0.05, 0) is 58.3 Å². The average Bonchev–Trinajstić information content (AvgIpc) is 3.16. The van der Waals surface area contributed by atoms with Gasteiger partial charge < -0.3 is 10.5 Å². The van der Waals surface area contributed by atoms with Crippen molar-refractivity contribution in [3.63, 3.8) is 0 Å². The Kier molecular flexibility index (Phi) is 3.41. The molecule has 3 aliphatic rings. The maximum atomic E-state index is 6.23. The van der Waals surface area contributed by atoms with Crippen molar-refractivity contribution in [3.05, 3.63) is 0 Å². The molecule has 3 fully saturated rings. The van der Waals surface area contributed by atoms with E-state index >= 15 is 0 Å². The van der Waals surface area contributed by atoms with Crippen molar-refractivity contribution in [3.8, 4) is 0 Å². The van der Waals surface area contributed by atoms with Crippen molar-refractivity contribution >= 4 is 0 Å². The van der Waals surface area contributed by atoms with Crippen molar-refractivity contribution < 1.29 is 4.74 Å². The molecule has 0 amide bonds. The molecule has 0 aromatic rings. The molecule has 18 heavy (non-hydrogen) atoms. The van der Waals surface area contributed by atoms with Gasteiger partial charge in [0, 0.05) is 24.7 Å². The second-order valence-electron chi connectivity index (χ2n) is 6.92. The molecule has 2 unspecified atom stereocenters. The predicted molar refractivity (Wildman–Crippen MR) is 73.5 cm³/mol. The Morgan fingerprint density at radius 3 is 2.17 bits per heavy atom. The molecule has 1 saturated heterocycles. The van der Waals surface area contributed by atoms with Crippen LogP contribution in [0.4, 0.5) is 0 Å². The van der Waals surface area contributed by atoms with Gasteiger partial charge in [0.15, 0.2) is 0 Å². The number of hydrogen-bond donors (Lipinski definition) is 1. The van der Waals surface area contributed by atoms with Crippen LogP contribution in [0.15, 0.2) is 0 Å². The van der Waals surface area contributed by atoms with E-state index in [9.17, 15) is 0 Å². The minimum atomic E-state index is 0.223. The first kappa shape index (κ1) is 12.9. The molecule has 2 N–H and O–H groups in total. The summed E-state index contributed by atoms with van der Waals surface area (Å²) in [5.41, 5.74) is 6.45. The Balaban J connectivity index is 1.77. The van der Waals surface area contributed by atoms with Gasteiger partial charge in [0.05, 0.1) is 12.2 Å². The molecule has 3 nitrogen and oxygen atoms in total. The summed E-state index contributed by atoms with van der Waals surface area (Å²) in [6.45, 7) is 6.51. The first-order valence-corrected chi connectivity index (χ1v) is 7.75. The minimum Gasteiger partial charge on any atom is -0.375 e. The molecular weight excluding hydrogens is 224 g/mol. The quantitative estimate of drug-likeness (QED) is 0.815. The summed E-state index contributed by atoms with van der Waals surface area (Å²) in [6, 6.07) is 0.826. The van der Waals surface area contributed by atoms with Crippen LogP contribution in [0, 0.1) is 5.92 Å². The zero-order valence-corrected chi connectivity index (χ0v) is 11.9. The number of rotatable bonds is 5. The molecule has 2 atom stereocenters. The fourth-order valence-corrected chi connectivity index (χ4v) is 3.86. The molecule has 3 heteroatoms. The van der Waals surface area contributed by atoms with Gasteiger partial charge >= 0.3 is 0 Å². The van der Waals surface area contributed by atoms with Gasteiger partial charge in [-0.25, -0.2) is 0 Å². The molecular formula is C15H28N2O. The van der Waals surface area contributed by atoms with Gasteiger partial charge in [-0.1, -0.05) is 0 Å². The molecule has 2 aliphatic carbocycles. The highest BCUT2D eigenvalue weighted by Crippen LogP contribution is 2.43. The van der Waals surface area contributed by atoms with Gasteiger partial charge in [0.2, 0.25) is 0 Å². The molecule has 3 rings (SSSR count). The van der Waals surface area contributed by atoms with E-state index in [0.717, 1.165) is 31.3 Å². The third-order valence-electron chi connectivity index (χ3n) is 4.93. The van der Waals surface area contributed by atoms with Crippen molar-refractivity contribution in [2.24, 2.45) is 11.7 Å². The van der Waals surface area contributed by atoms with E-state index in [0.29, 0.717) is 12.2 Å². The van der Waals surface area contributed by atoms with Crippen LogP contribution in [0.2, 0.25) is 0 Å². The Morgan fingerprint density at radius 2 is 1.72 bits per heavy atom. The summed E-state index contributed by atoms with van der Waals surface area (Å²) in [4.78, 5) is 2.79. The lowest BCUT2D eigenvalue weighted by molar-refractivity contribution is -0.106. The van der Waals surface area contributed by atoms with Crippen LogP contribution in [0.3, 0.4) is 0 Å². The van der Waals surface area contributed by atoms with Gasteiger partial charge in [0.1, 0.15) is 0 Å². The highest BCUT2D eigenvalue weighted by Gasteiger charge is 2.48. The predicted octanol–water partition coefficient (Wildman–Crippen LogP) is 2.15. The zero-order valence-electron chi connectivity index (χ0n) is 11.9. The summed E-state index contributed by atoms with van der Waals surface area (Å²) in [6.07, 6.45) is 8.61. The molecule has 104 valence electrons. The van der Waals surface area contributed by atoms with Crippen LogP contribution in [0.5, 0.6) is 0 Å². The lowest BCUT2D eigenvalue weighted by Gasteiger charge is -2.50. The van der Waals surface area contributed by atoms with Gasteiger partial charge in [-0.3, -0.25) is 4.90 Å². The topological polar surface area (TPSA) is 38.5 Å². The summed E-state index contributed by atoms with van der Waals surface area (Å²) >= 11 is 0. The van der Waals surface area contributed by atoms with Gasteiger partial charge in [-0.15, -0.1) is 0 Å².